The summed E-state index contributed by atoms with van der Waals surface area (Å²) in [5, 5.41) is 6.01. The van der Waals surface area contributed by atoms with Gasteiger partial charge in [-0.25, -0.2) is 8.42 Å². The molecule has 1 fully saturated rings. The summed E-state index contributed by atoms with van der Waals surface area (Å²) >= 11 is 5.87. The van der Waals surface area contributed by atoms with E-state index in [0.29, 0.717) is 29.4 Å². The maximum absolute atomic E-state index is 12.9. The zero-order valence-electron chi connectivity index (χ0n) is 18.2. The molecule has 1 saturated heterocycles. The monoisotopic (exact) mass is 477 g/mol. The van der Waals surface area contributed by atoms with E-state index in [-0.39, 0.29) is 10.8 Å². The van der Waals surface area contributed by atoms with Crippen LogP contribution in [0.15, 0.2) is 53.4 Å². The number of amides is 2. The van der Waals surface area contributed by atoms with Crippen molar-refractivity contribution in [3.05, 3.63) is 59.1 Å². The van der Waals surface area contributed by atoms with E-state index in [0.717, 1.165) is 19.3 Å². The third-order valence-electron chi connectivity index (χ3n) is 5.40. The van der Waals surface area contributed by atoms with E-state index in [9.17, 15) is 18.0 Å². The Morgan fingerprint density at radius 1 is 1.00 bits per heavy atom. The van der Waals surface area contributed by atoms with Gasteiger partial charge in [0.25, 0.3) is 5.91 Å². The lowest BCUT2D eigenvalue weighted by Crippen LogP contribution is -2.47. The van der Waals surface area contributed by atoms with Gasteiger partial charge in [0.1, 0.15) is 6.04 Å². The summed E-state index contributed by atoms with van der Waals surface area (Å²) in [7, 11) is -3.61. The van der Waals surface area contributed by atoms with Crippen molar-refractivity contribution in [1.82, 2.24) is 9.62 Å². The number of anilines is 1. The number of hydrogen-bond acceptors (Lipinski definition) is 4. The molecule has 1 atom stereocenters. The first kappa shape index (κ1) is 24.2. The number of carbonyl (C=O) groups excluding carboxylic acids is 2. The Morgan fingerprint density at radius 2 is 1.66 bits per heavy atom. The van der Waals surface area contributed by atoms with Crippen LogP contribution < -0.4 is 10.6 Å². The number of nitrogens with zero attached hydrogens (tertiary/aromatic N) is 1. The highest BCUT2D eigenvalue weighted by atomic mass is 35.5. The summed E-state index contributed by atoms with van der Waals surface area (Å²) in [6.45, 7) is 4.66. The smallest absolute Gasteiger partial charge is 0.251 e. The predicted octanol–water partition coefficient (Wildman–Crippen LogP) is 3.91. The van der Waals surface area contributed by atoms with Crippen molar-refractivity contribution >= 4 is 39.1 Å². The molecule has 0 bridgehead atoms. The Kier molecular flexibility index (Phi) is 7.92. The Balaban J connectivity index is 1.73. The van der Waals surface area contributed by atoms with E-state index < -0.39 is 27.9 Å². The van der Waals surface area contributed by atoms with Crippen LogP contribution >= 0.6 is 11.6 Å². The van der Waals surface area contributed by atoms with Crippen LogP contribution in [0.3, 0.4) is 0 Å². The van der Waals surface area contributed by atoms with Gasteiger partial charge in [0.05, 0.1) is 4.90 Å². The molecule has 0 aromatic heterocycles. The number of nitrogens with one attached hydrogen (secondary N) is 2. The largest absolute Gasteiger partial charge is 0.340 e. The highest BCUT2D eigenvalue weighted by Gasteiger charge is 2.28. The van der Waals surface area contributed by atoms with Gasteiger partial charge in [0, 0.05) is 29.4 Å². The van der Waals surface area contributed by atoms with Crippen molar-refractivity contribution < 1.29 is 18.0 Å². The van der Waals surface area contributed by atoms with Crippen molar-refractivity contribution in [2.24, 2.45) is 5.92 Å². The normalized spacial score (nSPS) is 15.9. The van der Waals surface area contributed by atoms with E-state index in [2.05, 4.69) is 10.6 Å². The second-order valence-electron chi connectivity index (χ2n) is 8.18. The minimum Gasteiger partial charge on any atom is -0.340 e. The van der Waals surface area contributed by atoms with Gasteiger partial charge in [0.2, 0.25) is 15.9 Å². The molecular formula is C23H28ClN3O4S. The van der Waals surface area contributed by atoms with Gasteiger partial charge in [-0.2, -0.15) is 4.31 Å². The fraction of sp³-hybridized carbons (Fsp3) is 0.391. The zero-order valence-corrected chi connectivity index (χ0v) is 19.7. The van der Waals surface area contributed by atoms with E-state index in [1.165, 1.54) is 16.4 Å². The van der Waals surface area contributed by atoms with Crippen LogP contribution in [-0.2, 0) is 14.8 Å². The molecule has 0 saturated carbocycles. The summed E-state index contributed by atoms with van der Waals surface area (Å²) in [4.78, 5) is 25.6. The van der Waals surface area contributed by atoms with Crippen LogP contribution in [0.4, 0.5) is 5.69 Å². The lowest BCUT2D eigenvalue weighted by Gasteiger charge is -2.26. The number of benzene rings is 2. The van der Waals surface area contributed by atoms with Gasteiger partial charge in [-0.3, -0.25) is 9.59 Å². The second kappa shape index (κ2) is 10.5. The van der Waals surface area contributed by atoms with E-state index in [4.69, 9.17) is 11.6 Å². The maximum Gasteiger partial charge on any atom is 0.251 e. The van der Waals surface area contributed by atoms with Gasteiger partial charge in [0.15, 0.2) is 0 Å². The molecule has 0 aliphatic carbocycles. The molecule has 0 unspecified atom stereocenters. The predicted molar refractivity (Wildman–Crippen MR) is 125 cm³/mol. The molecule has 7 nitrogen and oxygen atoms in total. The highest BCUT2D eigenvalue weighted by Crippen LogP contribution is 2.23. The molecule has 2 N–H and O–H groups in total. The topological polar surface area (TPSA) is 95.6 Å². The molecule has 0 radical (unpaired) electrons. The van der Waals surface area contributed by atoms with Crippen LogP contribution in [0.5, 0.6) is 0 Å². The molecular weight excluding hydrogens is 450 g/mol. The van der Waals surface area contributed by atoms with Crippen LogP contribution in [-0.4, -0.2) is 43.7 Å². The van der Waals surface area contributed by atoms with Crippen molar-refractivity contribution in [3.63, 3.8) is 0 Å². The molecule has 2 aromatic rings. The second-order valence-corrected chi connectivity index (χ2v) is 10.6. The number of hydrogen-bond donors (Lipinski definition) is 2. The zero-order chi connectivity index (χ0) is 23.3. The molecule has 1 aliphatic rings. The van der Waals surface area contributed by atoms with Gasteiger partial charge in [-0.05, 0) is 61.2 Å². The Labute approximate surface area is 194 Å². The molecule has 9 heteroatoms. The minimum atomic E-state index is -3.61. The third kappa shape index (κ3) is 5.88. The summed E-state index contributed by atoms with van der Waals surface area (Å²) in [6, 6.07) is 11.8. The van der Waals surface area contributed by atoms with Crippen LogP contribution in [0, 0.1) is 5.92 Å². The van der Waals surface area contributed by atoms with Gasteiger partial charge >= 0.3 is 0 Å². The molecule has 3 rings (SSSR count). The lowest BCUT2D eigenvalue weighted by atomic mass is 10.0. The number of carbonyl (C=O) groups is 2. The Hall–Kier alpha value is -2.42. The molecule has 1 aliphatic heterocycles. The molecule has 2 amide bonds. The van der Waals surface area contributed by atoms with Crippen molar-refractivity contribution in [2.75, 3.05) is 18.4 Å². The van der Waals surface area contributed by atoms with E-state index in [1.807, 2.05) is 13.8 Å². The molecule has 32 heavy (non-hydrogen) atoms. The summed E-state index contributed by atoms with van der Waals surface area (Å²) < 4.78 is 27.4. The highest BCUT2D eigenvalue weighted by molar-refractivity contribution is 7.89. The number of piperidine rings is 1. The average molecular weight is 478 g/mol. The molecule has 0 spiro atoms. The standard InChI is InChI=1S/C23H28ClN3O4S/c1-16(2)21(26-22(28)17-9-11-18(24)12-10-17)23(29)25-19-7-6-8-20(15-19)32(30,31)27-13-4-3-5-14-27/h6-12,15-16,21H,3-5,13-14H2,1-2H3,(H,25,29)(H,26,28)/t21-/m0/s1. The quantitative estimate of drug-likeness (QED) is 0.632. The van der Waals surface area contributed by atoms with Gasteiger partial charge < -0.3 is 10.6 Å². The van der Waals surface area contributed by atoms with Gasteiger partial charge in [-0.15, -0.1) is 0 Å². The number of halogens is 1. The van der Waals surface area contributed by atoms with Crippen molar-refractivity contribution in [2.45, 2.75) is 44.0 Å². The van der Waals surface area contributed by atoms with E-state index >= 15 is 0 Å². The lowest BCUT2D eigenvalue weighted by molar-refractivity contribution is -0.118. The van der Waals surface area contributed by atoms with Crippen LogP contribution in [0.25, 0.3) is 0 Å². The first-order valence-corrected chi connectivity index (χ1v) is 12.5. The SMILES string of the molecule is CC(C)[C@H](NC(=O)c1ccc(Cl)cc1)C(=O)Nc1cccc(S(=O)(=O)N2CCCCC2)c1. The molecule has 2 aromatic carbocycles. The van der Waals surface area contributed by atoms with Crippen molar-refractivity contribution in [1.29, 1.82) is 0 Å². The molecule has 1 heterocycles. The van der Waals surface area contributed by atoms with E-state index in [1.54, 1.807) is 36.4 Å². The number of sulfonamides is 1. The molecule has 172 valence electrons. The average Bonchev–Trinajstić information content (AvgIpc) is 2.78. The summed E-state index contributed by atoms with van der Waals surface area (Å²) in [5.74, 6) is -1.00. The first-order chi connectivity index (χ1) is 15.2. The van der Waals surface area contributed by atoms with Crippen LogP contribution in [0.2, 0.25) is 5.02 Å². The summed E-state index contributed by atoms with van der Waals surface area (Å²) in [5.41, 5.74) is 0.752. The van der Waals surface area contributed by atoms with Crippen LogP contribution in [0.1, 0.15) is 43.5 Å². The fourth-order valence-electron chi connectivity index (χ4n) is 3.57. The van der Waals surface area contributed by atoms with Crippen molar-refractivity contribution in [3.8, 4) is 0 Å². The minimum absolute atomic E-state index is 0.142. The Morgan fingerprint density at radius 3 is 2.28 bits per heavy atom. The maximum atomic E-state index is 12.9. The first-order valence-electron chi connectivity index (χ1n) is 10.7. The summed E-state index contributed by atoms with van der Waals surface area (Å²) in [6.07, 6.45) is 2.72. The number of rotatable bonds is 7. The fourth-order valence-corrected chi connectivity index (χ4v) is 5.26. The van der Waals surface area contributed by atoms with Gasteiger partial charge in [-0.1, -0.05) is 37.9 Å². The Bertz CT molecular complexity index is 1060. The third-order valence-corrected chi connectivity index (χ3v) is 7.54.